The average molecular weight is 148 g/mol. The minimum Gasteiger partial charge on any atom is -0.464 e. The number of hydrogen-bond donors (Lipinski definition) is 3. The fourth-order valence-corrected chi connectivity index (χ4v) is 0.272. The lowest BCUT2D eigenvalue weighted by Gasteiger charge is -2.02. The molecule has 6 heteroatoms. The van der Waals surface area contributed by atoms with Crippen LogP contribution in [-0.2, 0) is 4.74 Å². The molecule has 0 unspecified atom stereocenters. The van der Waals surface area contributed by atoms with E-state index in [4.69, 9.17) is 5.11 Å². The van der Waals surface area contributed by atoms with Crippen molar-refractivity contribution < 1.29 is 19.4 Å². The van der Waals surface area contributed by atoms with E-state index >= 15 is 0 Å². The van der Waals surface area contributed by atoms with Gasteiger partial charge in [0.25, 0.3) is 0 Å². The molecule has 0 fully saturated rings. The van der Waals surface area contributed by atoms with Crippen molar-refractivity contribution in [1.29, 1.82) is 0 Å². The molecule has 0 aliphatic heterocycles. The first kappa shape index (κ1) is 8.54. The third kappa shape index (κ3) is 4.69. The maximum Gasteiger partial charge on any atom is 0.426 e. The van der Waals surface area contributed by atoms with Gasteiger partial charge in [-0.1, -0.05) is 0 Å². The van der Waals surface area contributed by atoms with Gasteiger partial charge < -0.3 is 9.84 Å². The Labute approximate surface area is 57.1 Å². The molecule has 0 aromatic carbocycles. The van der Waals surface area contributed by atoms with E-state index in [2.05, 4.69) is 4.74 Å². The highest BCUT2D eigenvalue weighted by molar-refractivity contribution is 5.72. The highest BCUT2D eigenvalue weighted by Crippen LogP contribution is 1.71. The molecule has 0 saturated carbocycles. The second-order valence-corrected chi connectivity index (χ2v) is 1.28. The van der Waals surface area contributed by atoms with Crippen LogP contribution in [0.5, 0.6) is 0 Å². The van der Waals surface area contributed by atoms with Crippen LogP contribution in [0.3, 0.4) is 0 Å². The average Bonchev–Trinajstić information content (AvgIpc) is 1.85. The van der Waals surface area contributed by atoms with Gasteiger partial charge in [-0.2, -0.15) is 0 Å². The van der Waals surface area contributed by atoms with Crippen LogP contribution in [0.4, 0.5) is 9.59 Å². The smallest absolute Gasteiger partial charge is 0.426 e. The predicted molar refractivity (Wildman–Crippen MR) is 31.3 cm³/mol. The van der Waals surface area contributed by atoms with Gasteiger partial charge in [-0.05, 0) is 6.92 Å². The molecule has 3 N–H and O–H groups in total. The van der Waals surface area contributed by atoms with Gasteiger partial charge in [-0.3, -0.25) is 0 Å². The van der Waals surface area contributed by atoms with Crippen LogP contribution >= 0.6 is 0 Å². The fraction of sp³-hybridized carbons (Fsp3) is 0.500. The van der Waals surface area contributed by atoms with Gasteiger partial charge in [0.1, 0.15) is 0 Å². The van der Waals surface area contributed by atoms with Crippen LogP contribution < -0.4 is 10.9 Å². The molecule has 2 amide bonds. The van der Waals surface area contributed by atoms with Crippen LogP contribution in [-0.4, -0.2) is 23.9 Å². The maximum atomic E-state index is 10.3. The molecule has 0 aromatic rings. The second-order valence-electron chi connectivity index (χ2n) is 1.28. The summed E-state index contributed by atoms with van der Waals surface area (Å²) < 4.78 is 4.32. The van der Waals surface area contributed by atoms with E-state index in [0.717, 1.165) is 0 Å². The summed E-state index contributed by atoms with van der Waals surface area (Å²) in [5.74, 6) is 0. The Morgan fingerprint density at radius 1 is 1.50 bits per heavy atom. The molecule has 0 aliphatic carbocycles. The summed E-state index contributed by atoms with van der Waals surface area (Å²) in [6.45, 7) is 1.81. The van der Waals surface area contributed by atoms with Gasteiger partial charge in [0, 0.05) is 0 Å². The summed E-state index contributed by atoms with van der Waals surface area (Å²) in [5.41, 5.74) is 3.39. The number of ether oxygens (including phenoxy) is 1. The van der Waals surface area contributed by atoms with Crippen LogP contribution in [0.15, 0.2) is 0 Å². The first-order chi connectivity index (χ1) is 4.66. The fourth-order valence-electron chi connectivity index (χ4n) is 0.272. The summed E-state index contributed by atoms with van der Waals surface area (Å²) >= 11 is 0. The van der Waals surface area contributed by atoms with E-state index < -0.39 is 12.2 Å². The summed E-state index contributed by atoms with van der Waals surface area (Å²) in [6, 6.07) is 0. The minimum absolute atomic E-state index is 0.202. The normalized spacial score (nSPS) is 8.10. The summed E-state index contributed by atoms with van der Waals surface area (Å²) in [7, 11) is 0. The third-order valence-corrected chi connectivity index (χ3v) is 0.547. The molecule has 0 heterocycles. The monoisotopic (exact) mass is 148 g/mol. The lowest BCUT2D eigenvalue weighted by molar-refractivity contribution is 0.142. The van der Waals surface area contributed by atoms with Crippen molar-refractivity contribution in [2.24, 2.45) is 0 Å². The molecule has 6 nitrogen and oxygen atoms in total. The molecule has 0 bridgehead atoms. The molecular formula is C4H8N2O4. The van der Waals surface area contributed by atoms with Crippen LogP contribution in [0, 0.1) is 0 Å². The molecule has 0 aliphatic rings. The number of hydrogen-bond acceptors (Lipinski definition) is 3. The number of carboxylic acid groups (broad SMARTS) is 1. The third-order valence-electron chi connectivity index (χ3n) is 0.547. The number of nitrogens with one attached hydrogen (secondary N) is 2. The molecule has 0 spiro atoms. The molecular weight excluding hydrogens is 140 g/mol. The topological polar surface area (TPSA) is 87.7 Å². The van der Waals surface area contributed by atoms with Crippen molar-refractivity contribution in [3.63, 3.8) is 0 Å². The van der Waals surface area contributed by atoms with E-state index in [1.54, 1.807) is 17.8 Å². The van der Waals surface area contributed by atoms with E-state index in [-0.39, 0.29) is 6.61 Å². The van der Waals surface area contributed by atoms with E-state index in [9.17, 15) is 9.59 Å². The van der Waals surface area contributed by atoms with E-state index in [1.807, 2.05) is 0 Å². The van der Waals surface area contributed by atoms with Gasteiger partial charge in [0.15, 0.2) is 0 Å². The van der Waals surface area contributed by atoms with Crippen LogP contribution in [0.1, 0.15) is 6.92 Å². The lowest BCUT2D eigenvalue weighted by atomic mass is 10.9. The van der Waals surface area contributed by atoms with E-state index in [0.29, 0.717) is 0 Å². The number of rotatable bonds is 1. The largest absolute Gasteiger partial charge is 0.464 e. The van der Waals surface area contributed by atoms with Crippen LogP contribution in [0.2, 0.25) is 0 Å². The van der Waals surface area contributed by atoms with Gasteiger partial charge in [0.05, 0.1) is 6.61 Å². The molecule has 0 atom stereocenters. The number of carbonyl (C=O) groups is 2. The van der Waals surface area contributed by atoms with Crippen molar-refractivity contribution in [2.45, 2.75) is 6.92 Å². The zero-order valence-corrected chi connectivity index (χ0v) is 5.38. The zero-order valence-electron chi connectivity index (χ0n) is 5.38. The summed E-state index contributed by atoms with van der Waals surface area (Å²) in [6.07, 6.45) is -2.15. The van der Waals surface area contributed by atoms with Crippen molar-refractivity contribution in [2.75, 3.05) is 6.61 Å². The maximum absolute atomic E-state index is 10.3. The van der Waals surface area contributed by atoms with Gasteiger partial charge in [-0.25, -0.2) is 20.4 Å². The quantitative estimate of drug-likeness (QED) is 0.453. The van der Waals surface area contributed by atoms with Crippen molar-refractivity contribution in [1.82, 2.24) is 10.9 Å². The molecule has 0 aromatic heterocycles. The number of carbonyl (C=O) groups excluding carboxylic acids is 1. The summed E-state index contributed by atoms with van der Waals surface area (Å²) in [4.78, 5) is 20.0. The van der Waals surface area contributed by atoms with Gasteiger partial charge in [-0.15, -0.1) is 0 Å². The predicted octanol–water partition coefficient (Wildman–Crippen LogP) is -0.0849. The summed E-state index contributed by atoms with van der Waals surface area (Å²) in [5, 5.41) is 7.95. The first-order valence-corrected chi connectivity index (χ1v) is 2.58. The molecule has 0 saturated heterocycles. The molecule has 10 heavy (non-hydrogen) atoms. The van der Waals surface area contributed by atoms with Crippen molar-refractivity contribution in [3.05, 3.63) is 0 Å². The first-order valence-electron chi connectivity index (χ1n) is 2.58. The van der Waals surface area contributed by atoms with E-state index in [1.165, 1.54) is 0 Å². The highest BCUT2D eigenvalue weighted by atomic mass is 16.6. The Bertz CT molecular complexity index is 135. The highest BCUT2D eigenvalue weighted by Gasteiger charge is 1.99. The number of amides is 2. The Morgan fingerprint density at radius 2 is 2.10 bits per heavy atom. The Morgan fingerprint density at radius 3 is 2.50 bits per heavy atom. The van der Waals surface area contributed by atoms with Gasteiger partial charge >= 0.3 is 12.2 Å². The van der Waals surface area contributed by atoms with Gasteiger partial charge in [0.2, 0.25) is 0 Å². The Hall–Kier alpha value is -1.46. The lowest BCUT2D eigenvalue weighted by Crippen LogP contribution is -2.40. The minimum atomic E-state index is -1.34. The number of hydrazine groups is 1. The molecule has 58 valence electrons. The molecule has 0 rings (SSSR count). The second kappa shape index (κ2) is 4.42. The van der Waals surface area contributed by atoms with Crippen molar-refractivity contribution >= 4 is 12.2 Å². The molecule has 0 radical (unpaired) electrons. The van der Waals surface area contributed by atoms with Crippen LogP contribution in [0.25, 0.3) is 0 Å². The SMILES string of the molecule is CCOC(=O)NNC(=O)O. The zero-order chi connectivity index (χ0) is 7.98. The Balaban J connectivity index is 3.30. The van der Waals surface area contributed by atoms with Crippen molar-refractivity contribution in [3.8, 4) is 0 Å². The standard InChI is InChI=1S/C4H8N2O4/c1-2-10-4(9)6-5-3(7)8/h5H,2H2,1H3,(H,6,9)(H,7,8). The Kier molecular flexibility index (Phi) is 3.78.